The molecule has 2 rings (SSSR count). The zero-order chi connectivity index (χ0) is 21.1. The average molecular weight is 408 g/mol. The maximum absolute atomic E-state index is 12.8. The Morgan fingerprint density at radius 2 is 2.00 bits per heavy atom. The third-order valence-electron chi connectivity index (χ3n) is 5.00. The van der Waals surface area contributed by atoms with Crippen molar-refractivity contribution in [3.05, 3.63) is 26.6 Å². The SMILES string of the molecule is CC[C@H](C)Cc1c(C)sc2nc(C[NH+](CC)CC(=O)NC(C)(C)C)[nH]c(=O)c12. The molecule has 6 nitrogen and oxygen atoms in total. The van der Waals surface area contributed by atoms with E-state index >= 15 is 0 Å². The lowest BCUT2D eigenvalue weighted by Crippen LogP contribution is -3.11. The van der Waals surface area contributed by atoms with Gasteiger partial charge in [-0.3, -0.25) is 9.59 Å². The number of fused-ring (bicyclic) bond motifs is 1. The van der Waals surface area contributed by atoms with Gasteiger partial charge in [-0.15, -0.1) is 11.3 Å². The van der Waals surface area contributed by atoms with Gasteiger partial charge in [0, 0.05) is 10.4 Å². The average Bonchev–Trinajstić information content (AvgIpc) is 2.88. The smallest absolute Gasteiger partial charge is 0.275 e. The number of aromatic nitrogens is 2. The van der Waals surface area contributed by atoms with Crippen LogP contribution in [0.15, 0.2) is 4.79 Å². The normalized spacial score (nSPS) is 14.2. The number of aromatic amines is 1. The number of hydrogen-bond donors (Lipinski definition) is 3. The number of nitrogens with zero attached hydrogens (tertiary/aromatic N) is 1. The minimum Gasteiger partial charge on any atom is -0.347 e. The highest BCUT2D eigenvalue weighted by Crippen LogP contribution is 2.29. The number of amides is 1. The first-order valence-electron chi connectivity index (χ1n) is 10.2. The van der Waals surface area contributed by atoms with Crippen LogP contribution in [-0.2, 0) is 17.8 Å². The Balaban J connectivity index is 2.23. The summed E-state index contributed by atoms with van der Waals surface area (Å²) in [6, 6.07) is 0. The van der Waals surface area contributed by atoms with Gasteiger partial charge in [-0.25, -0.2) is 4.98 Å². The number of quaternary nitrogens is 1. The second-order valence-electron chi connectivity index (χ2n) is 8.80. The molecule has 2 heterocycles. The summed E-state index contributed by atoms with van der Waals surface area (Å²) in [6.45, 7) is 16.1. The van der Waals surface area contributed by atoms with E-state index in [2.05, 4.69) is 31.1 Å². The molecule has 3 N–H and O–H groups in total. The summed E-state index contributed by atoms with van der Waals surface area (Å²) in [5, 5.41) is 3.74. The molecule has 0 saturated carbocycles. The lowest BCUT2D eigenvalue weighted by Gasteiger charge is -2.23. The highest BCUT2D eigenvalue weighted by Gasteiger charge is 2.21. The molecule has 28 heavy (non-hydrogen) atoms. The summed E-state index contributed by atoms with van der Waals surface area (Å²) < 4.78 is 0. The van der Waals surface area contributed by atoms with Crippen molar-refractivity contribution >= 4 is 27.5 Å². The van der Waals surface area contributed by atoms with Crippen molar-refractivity contribution < 1.29 is 9.69 Å². The largest absolute Gasteiger partial charge is 0.347 e. The van der Waals surface area contributed by atoms with Crippen LogP contribution in [0.4, 0.5) is 0 Å². The maximum Gasteiger partial charge on any atom is 0.275 e. The van der Waals surface area contributed by atoms with Gasteiger partial charge >= 0.3 is 0 Å². The summed E-state index contributed by atoms with van der Waals surface area (Å²) >= 11 is 1.60. The number of likely N-dealkylation sites (N-methyl/N-ethyl adjacent to an activating group) is 1. The Labute approximate surface area is 171 Å². The molecule has 2 aromatic rings. The zero-order valence-electron chi connectivity index (χ0n) is 18.3. The van der Waals surface area contributed by atoms with Crippen molar-refractivity contribution in [3.8, 4) is 0 Å². The molecule has 0 aromatic carbocycles. The number of H-pyrrole nitrogens is 1. The molecule has 0 spiro atoms. The summed E-state index contributed by atoms with van der Waals surface area (Å²) in [6.07, 6.45) is 2.00. The fourth-order valence-electron chi connectivity index (χ4n) is 3.28. The molecule has 156 valence electrons. The zero-order valence-corrected chi connectivity index (χ0v) is 19.1. The van der Waals surface area contributed by atoms with Gasteiger partial charge in [-0.05, 0) is 52.5 Å². The number of aryl methyl sites for hydroxylation is 1. The number of carbonyl (C=O) groups is 1. The molecule has 0 aliphatic heterocycles. The standard InChI is InChI=1S/C21H34N4O2S/c1-8-13(3)10-15-14(4)28-20-18(15)19(27)22-16(23-20)11-25(9-2)12-17(26)24-21(5,6)7/h13H,8-12H2,1-7H3,(H,24,26)(H,22,23,27)/p+1/t13-/m0/s1. The van der Waals surface area contributed by atoms with E-state index in [9.17, 15) is 9.59 Å². The Hall–Kier alpha value is -1.73. The van der Waals surface area contributed by atoms with Gasteiger partial charge in [0.2, 0.25) is 0 Å². The molecule has 0 bridgehead atoms. The van der Waals surface area contributed by atoms with Crippen LogP contribution in [-0.4, -0.2) is 34.5 Å². The Morgan fingerprint density at radius 3 is 2.57 bits per heavy atom. The van der Waals surface area contributed by atoms with Crippen molar-refractivity contribution in [3.63, 3.8) is 0 Å². The number of carbonyl (C=O) groups excluding carboxylic acids is 1. The van der Waals surface area contributed by atoms with E-state index in [0.29, 0.717) is 24.8 Å². The highest BCUT2D eigenvalue weighted by atomic mass is 32.1. The highest BCUT2D eigenvalue weighted by molar-refractivity contribution is 7.18. The van der Waals surface area contributed by atoms with Gasteiger partial charge in [0.05, 0.1) is 11.9 Å². The second kappa shape index (κ2) is 9.18. The Bertz CT molecular complexity index is 879. The molecule has 0 fully saturated rings. The molecule has 1 unspecified atom stereocenters. The second-order valence-corrected chi connectivity index (χ2v) is 10.0. The number of nitrogens with one attached hydrogen (secondary N) is 3. The van der Waals surface area contributed by atoms with E-state index in [-0.39, 0.29) is 17.0 Å². The minimum atomic E-state index is -0.248. The molecule has 0 radical (unpaired) electrons. The van der Waals surface area contributed by atoms with Gasteiger partial charge in [0.1, 0.15) is 11.4 Å². The van der Waals surface area contributed by atoms with Crippen molar-refractivity contribution in [1.82, 2.24) is 15.3 Å². The van der Waals surface area contributed by atoms with Crippen LogP contribution in [0.3, 0.4) is 0 Å². The van der Waals surface area contributed by atoms with Crippen molar-refractivity contribution in [1.29, 1.82) is 0 Å². The number of rotatable bonds is 8. The van der Waals surface area contributed by atoms with Crippen molar-refractivity contribution in [2.24, 2.45) is 5.92 Å². The third-order valence-corrected chi connectivity index (χ3v) is 6.05. The van der Waals surface area contributed by atoms with Gasteiger partial charge in [0.25, 0.3) is 11.5 Å². The van der Waals surface area contributed by atoms with Crippen LogP contribution >= 0.6 is 11.3 Å². The predicted molar refractivity (Wildman–Crippen MR) is 116 cm³/mol. The van der Waals surface area contributed by atoms with E-state index in [1.165, 1.54) is 4.88 Å². The lowest BCUT2D eigenvalue weighted by molar-refractivity contribution is -0.904. The van der Waals surface area contributed by atoms with Crippen molar-refractivity contribution in [2.45, 2.75) is 73.4 Å². The van der Waals surface area contributed by atoms with Crippen molar-refractivity contribution in [2.75, 3.05) is 13.1 Å². The molecule has 0 saturated heterocycles. The lowest BCUT2D eigenvalue weighted by atomic mass is 9.98. The van der Waals surface area contributed by atoms with Crippen LogP contribution in [0, 0.1) is 12.8 Å². The van der Waals surface area contributed by atoms with Gasteiger partial charge in [0.15, 0.2) is 12.4 Å². The Morgan fingerprint density at radius 1 is 1.32 bits per heavy atom. The van der Waals surface area contributed by atoms with E-state index in [4.69, 9.17) is 4.98 Å². The quantitative estimate of drug-likeness (QED) is 0.628. The molecule has 2 aromatic heterocycles. The Kier molecular flexibility index (Phi) is 7.39. The molecule has 7 heteroatoms. The van der Waals surface area contributed by atoms with E-state index in [1.807, 2.05) is 27.7 Å². The van der Waals surface area contributed by atoms with Crippen LogP contribution in [0.25, 0.3) is 10.2 Å². The van der Waals surface area contributed by atoms with Gasteiger partial charge in [-0.2, -0.15) is 0 Å². The monoisotopic (exact) mass is 407 g/mol. The summed E-state index contributed by atoms with van der Waals surface area (Å²) in [5.74, 6) is 1.20. The molecule has 1 amide bonds. The van der Waals surface area contributed by atoms with Crippen LogP contribution in [0.1, 0.15) is 64.2 Å². The molecule has 0 aliphatic carbocycles. The first-order chi connectivity index (χ1) is 13.0. The number of hydrogen-bond acceptors (Lipinski definition) is 4. The van der Waals surface area contributed by atoms with Gasteiger partial charge < -0.3 is 15.2 Å². The summed E-state index contributed by atoms with van der Waals surface area (Å²) in [7, 11) is 0. The fourth-order valence-corrected chi connectivity index (χ4v) is 4.35. The van der Waals surface area contributed by atoms with Crippen LogP contribution < -0.4 is 15.8 Å². The predicted octanol–water partition coefficient (Wildman–Crippen LogP) is 2.20. The van der Waals surface area contributed by atoms with E-state index < -0.39 is 0 Å². The van der Waals surface area contributed by atoms with Gasteiger partial charge in [-0.1, -0.05) is 20.3 Å². The summed E-state index contributed by atoms with van der Waals surface area (Å²) in [5.41, 5.74) is 0.832. The fraction of sp³-hybridized carbons (Fsp3) is 0.667. The van der Waals surface area contributed by atoms with Crippen LogP contribution in [0.5, 0.6) is 0 Å². The topological polar surface area (TPSA) is 79.3 Å². The first kappa shape index (κ1) is 22.6. The summed E-state index contributed by atoms with van der Waals surface area (Å²) in [4.78, 5) is 35.8. The number of thiophene rings is 1. The van der Waals surface area contributed by atoms with E-state index in [1.54, 1.807) is 11.3 Å². The molecule has 0 aliphatic rings. The molecular formula is C21H35N4O2S+. The first-order valence-corrected chi connectivity index (χ1v) is 11.0. The van der Waals surface area contributed by atoms with Crippen LogP contribution in [0.2, 0.25) is 0 Å². The van der Waals surface area contributed by atoms with E-state index in [0.717, 1.165) is 40.1 Å². The minimum absolute atomic E-state index is 0.00980. The third kappa shape index (κ3) is 5.88. The molecule has 2 atom stereocenters. The maximum atomic E-state index is 12.8. The molecular weight excluding hydrogens is 372 g/mol.